The Morgan fingerprint density at radius 2 is 1.55 bits per heavy atom. The van der Waals surface area contributed by atoms with Crippen LogP contribution in [0.2, 0.25) is 6.55 Å². The third-order valence-electron chi connectivity index (χ3n) is 1.56. The molecule has 0 unspecified atom stereocenters. The predicted molar refractivity (Wildman–Crippen MR) is 54.1 cm³/mol. The number of hydrogen-bond donors (Lipinski definition) is 0. The quantitative estimate of drug-likeness (QED) is 0.488. The molecule has 0 aliphatic rings. The molecule has 1 aromatic rings. The molecule has 0 radical (unpaired) electrons. The van der Waals surface area contributed by atoms with Gasteiger partial charge >= 0.3 is 0 Å². The average molecular weight is 205 g/mol. The molecule has 0 saturated carbocycles. The van der Waals surface area contributed by atoms with Crippen molar-refractivity contribution in [2.45, 2.75) is 13.5 Å². The molecule has 3 heteroatoms. The first-order chi connectivity index (χ1) is 5.00. The van der Waals surface area contributed by atoms with Gasteiger partial charge in [0.1, 0.15) is 0 Å². The largest absolute Gasteiger partial charge is 0.277 e. The fourth-order valence-electron chi connectivity index (χ4n) is 0.846. The van der Waals surface area contributed by atoms with Gasteiger partial charge in [0.2, 0.25) is 0 Å². The van der Waals surface area contributed by atoms with Gasteiger partial charge in [0.15, 0.2) is 0 Å². The number of hydrogen-bond acceptors (Lipinski definition) is 0. The summed E-state index contributed by atoms with van der Waals surface area (Å²) in [7, 11) is 0. The van der Waals surface area contributed by atoms with Crippen LogP contribution >= 0.6 is 22.2 Å². The first kappa shape index (κ1) is 9.11. The second kappa shape index (κ2) is 3.17. The number of benzene rings is 1. The Bertz CT molecular complexity index is 235. The summed E-state index contributed by atoms with van der Waals surface area (Å²) in [6.45, 7) is 1.84. The van der Waals surface area contributed by atoms with E-state index in [0.29, 0.717) is 0 Å². The first-order valence-electron chi connectivity index (χ1n) is 3.45. The van der Waals surface area contributed by atoms with Gasteiger partial charge in [-0.15, -0.1) is 22.2 Å². The van der Waals surface area contributed by atoms with Gasteiger partial charge in [0.05, 0.1) is 0 Å². The van der Waals surface area contributed by atoms with Crippen molar-refractivity contribution >= 4 is 34.0 Å². The molecule has 60 valence electrons. The Labute approximate surface area is 77.6 Å². The lowest BCUT2D eigenvalue weighted by Crippen LogP contribution is -2.32. The Morgan fingerprint density at radius 1 is 1.09 bits per heavy atom. The van der Waals surface area contributed by atoms with E-state index in [1.165, 1.54) is 5.56 Å². The van der Waals surface area contributed by atoms with E-state index in [1.54, 1.807) is 0 Å². The van der Waals surface area contributed by atoms with Crippen LogP contribution in [0.25, 0.3) is 0 Å². The predicted octanol–water partition coefficient (Wildman–Crippen LogP) is 2.75. The summed E-state index contributed by atoms with van der Waals surface area (Å²) in [6.07, 6.45) is 0. The Morgan fingerprint density at radius 3 is 1.91 bits per heavy atom. The molecule has 0 spiro atoms. The van der Waals surface area contributed by atoms with Crippen molar-refractivity contribution in [3.63, 3.8) is 0 Å². The van der Waals surface area contributed by atoms with E-state index >= 15 is 0 Å². The van der Waals surface area contributed by atoms with Crippen molar-refractivity contribution in [2.24, 2.45) is 0 Å². The highest BCUT2D eigenvalue weighted by Gasteiger charge is 2.22. The van der Waals surface area contributed by atoms with Crippen LogP contribution in [0, 0.1) is 6.92 Å². The van der Waals surface area contributed by atoms with Gasteiger partial charge in [0, 0.05) is 0 Å². The van der Waals surface area contributed by atoms with Crippen molar-refractivity contribution < 1.29 is 0 Å². The molecule has 0 fully saturated rings. The van der Waals surface area contributed by atoms with Crippen LogP contribution in [0.1, 0.15) is 5.56 Å². The van der Waals surface area contributed by atoms with Crippen molar-refractivity contribution in [3.8, 4) is 0 Å². The second-order valence-electron chi connectivity index (χ2n) is 2.75. The number of rotatable bonds is 1. The van der Waals surface area contributed by atoms with E-state index in [0.717, 1.165) is 5.19 Å². The maximum atomic E-state index is 6.02. The normalized spacial score (nSPS) is 11.6. The summed E-state index contributed by atoms with van der Waals surface area (Å²) in [5, 5.41) is 1.08. The van der Waals surface area contributed by atoms with Crippen molar-refractivity contribution in [1.29, 1.82) is 0 Å². The lowest BCUT2D eigenvalue weighted by molar-refractivity contribution is 1.49. The highest BCUT2D eigenvalue weighted by atomic mass is 35.7. The summed E-state index contributed by atoms with van der Waals surface area (Å²) in [5.41, 5.74) is 1.24. The minimum Gasteiger partial charge on any atom is -0.140 e. The smallest absolute Gasteiger partial charge is 0.140 e. The van der Waals surface area contributed by atoms with Crippen molar-refractivity contribution in [2.75, 3.05) is 0 Å². The van der Waals surface area contributed by atoms with Crippen LogP contribution < -0.4 is 5.19 Å². The maximum Gasteiger partial charge on any atom is 0.277 e. The minimum absolute atomic E-state index is 1.08. The molecule has 0 N–H and O–H groups in total. The molecule has 0 aromatic heterocycles. The second-order valence-corrected chi connectivity index (χ2v) is 10.2. The van der Waals surface area contributed by atoms with Crippen LogP contribution in [0.15, 0.2) is 24.3 Å². The highest BCUT2D eigenvalue weighted by Crippen LogP contribution is 2.13. The van der Waals surface area contributed by atoms with Crippen molar-refractivity contribution in [1.82, 2.24) is 0 Å². The molecule has 0 amide bonds. The number of aryl methyl sites for hydroxylation is 1. The van der Waals surface area contributed by atoms with Gasteiger partial charge < -0.3 is 0 Å². The molecule has 1 rings (SSSR count). The fraction of sp³-hybridized carbons (Fsp3) is 0.250. The topological polar surface area (TPSA) is 0 Å². The Hall–Kier alpha value is 0.0169. The van der Waals surface area contributed by atoms with E-state index in [1.807, 2.05) is 37.7 Å². The summed E-state index contributed by atoms with van der Waals surface area (Å²) in [5.74, 6) is 0. The zero-order valence-electron chi connectivity index (χ0n) is 6.57. The zero-order valence-corrected chi connectivity index (χ0v) is 9.08. The first-order valence-corrected chi connectivity index (χ1v) is 7.97. The monoisotopic (exact) mass is 204 g/mol. The van der Waals surface area contributed by atoms with Gasteiger partial charge in [0.25, 0.3) is 6.69 Å². The molecule has 11 heavy (non-hydrogen) atoms. The summed E-state index contributed by atoms with van der Waals surface area (Å²) in [4.78, 5) is 0. The summed E-state index contributed by atoms with van der Waals surface area (Å²) >= 11 is 12.0. The van der Waals surface area contributed by atoms with E-state index in [9.17, 15) is 0 Å². The maximum absolute atomic E-state index is 6.02. The molecule has 0 atom stereocenters. The van der Waals surface area contributed by atoms with Crippen LogP contribution in [-0.4, -0.2) is 6.69 Å². The van der Waals surface area contributed by atoms with E-state index < -0.39 is 6.69 Å². The zero-order chi connectivity index (χ0) is 8.48. The summed E-state index contributed by atoms with van der Waals surface area (Å²) in [6, 6.07) is 8.07. The van der Waals surface area contributed by atoms with Crippen LogP contribution in [0.5, 0.6) is 0 Å². The van der Waals surface area contributed by atoms with Crippen molar-refractivity contribution in [3.05, 3.63) is 29.8 Å². The molecule has 0 saturated heterocycles. The van der Waals surface area contributed by atoms with Gasteiger partial charge in [-0.25, -0.2) is 0 Å². The summed E-state index contributed by atoms with van der Waals surface area (Å²) < 4.78 is 0. The Kier molecular flexibility index (Phi) is 2.63. The standard InChI is InChI=1S/C8H10Cl2Si/c1-7-3-5-8(6-4-7)11(2,9)10/h3-6H,1-2H3. The number of halogens is 2. The van der Waals surface area contributed by atoms with E-state index in [-0.39, 0.29) is 0 Å². The Balaban J connectivity index is 2.99. The van der Waals surface area contributed by atoms with E-state index in [4.69, 9.17) is 22.2 Å². The highest BCUT2D eigenvalue weighted by molar-refractivity contribution is 7.50. The van der Waals surface area contributed by atoms with Crippen LogP contribution in [-0.2, 0) is 0 Å². The third-order valence-corrected chi connectivity index (χ3v) is 4.21. The van der Waals surface area contributed by atoms with Crippen LogP contribution in [0.3, 0.4) is 0 Å². The minimum atomic E-state index is -2.11. The van der Waals surface area contributed by atoms with Gasteiger partial charge in [-0.05, 0) is 18.7 Å². The molecule has 0 aliphatic heterocycles. The third kappa shape index (κ3) is 2.51. The molecular weight excluding hydrogens is 195 g/mol. The lowest BCUT2D eigenvalue weighted by Gasteiger charge is -2.09. The molecule has 0 heterocycles. The molecule has 0 nitrogen and oxygen atoms in total. The van der Waals surface area contributed by atoms with Crippen LogP contribution in [0.4, 0.5) is 0 Å². The van der Waals surface area contributed by atoms with Gasteiger partial charge in [-0.1, -0.05) is 29.8 Å². The van der Waals surface area contributed by atoms with Gasteiger partial charge in [-0.3, -0.25) is 0 Å². The molecular formula is C8H10Cl2Si. The molecule has 0 bridgehead atoms. The average Bonchev–Trinajstić information content (AvgIpc) is 1.86. The lowest BCUT2D eigenvalue weighted by atomic mass is 10.2. The van der Waals surface area contributed by atoms with Gasteiger partial charge in [-0.2, -0.15) is 0 Å². The van der Waals surface area contributed by atoms with E-state index in [2.05, 4.69) is 0 Å². The fourth-order valence-corrected chi connectivity index (χ4v) is 2.35. The SMILES string of the molecule is Cc1ccc([Si](C)(Cl)Cl)cc1. The molecule has 1 aromatic carbocycles. The molecule has 0 aliphatic carbocycles.